The van der Waals surface area contributed by atoms with Crippen molar-refractivity contribution < 1.29 is 9.59 Å². The number of hydrogen-bond acceptors (Lipinski definition) is 4. The van der Waals surface area contributed by atoms with Gasteiger partial charge in [0, 0.05) is 22.2 Å². The summed E-state index contributed by atoms with van der Waals surface area (Å²) in [6.07, 6.45) is 1.60. The minimum absolute atomic E-state index is 0.0329. The number of ketones is 2. The number of aliphatic imine (C=N–C) groups is 1. The van der Waals surface area contributed by atoms with E-state index in [4.69, 9.17) is 11.6 Å². The molecule has 1 fully saturated rings. The van der Waals surface area contributed by atoms with Gasteiger partial charge in [0.05, 0.1) is 6.04 Å². The molecule has 0 bridgehead atoms. The van der Waals surface area contributed by atoms with Crippen LogP contribution in [-0.4, -0.2) is 39.8 Å². The summed E-state index contributed by atoms with van der Waals surface area (Å²) in [6.45, 7) is 8.51. The molecule has 1 saturated heterocycles. The fourth-order valence-corrected chi connectivity index (χ4v) is 4.36. The van der Waals surface area contributed by atoms with Crippen molar-refractivity contribution in [1.29, 1.82) is 0 Å². The number of hydrogen-bond donors (Lipinski definition) is 1. The van der Waals surface area contributed by atoms with Crippen LogP contribution in [0.3, 0.4) is 0 Å². The molecule has 1 aromatic carbocycles. The largest absolute Gasteiger partial charge is 0.307 e. The fourth-order valence-electron chi connectivity index (χ4n) is 4.09. The van der Waals surface area contributed by atoms with Gasteiger partial charge in [0.2, 0.25) is 5.78 Å². The number of carbonyl (C=O) groups excluding carboxylic acids is 2. The molecule has 128 valence electrons. The van der Waals surface area contributed by atoms with Gasteiger partial charge in [-0.15, -0.1) is 11.6 Å². The number of fused-ring (bicyclic) bond motifs is 1. The molecule has 0 aromatic heterocycles. The quantitative estimate of drug-likeness (QED) is 0.792. The first kappa shape index (κ1) is 17.3. The van der Waals surface area contributed by atoms with Crippen LogP contribution in [0.2, 0.25) is 0 Å². The first-order valence-electron chi connectivity index (χ1n) is 8.29. The molecule has 2 aliphatic rings. The molecule has 4 nitrogen and oxygen atoms in total. The molecule has 1 unspecified atom stereocenters. The van der Waals surface area contributed by atoms with Crippen LogP contribution < -0.4 is 5.32 Å². The summed E-state index contributed by atoms with van der Waals surface area (Å²) in [5.41, 5.74) is 0.826. The summed E-state index contributed by atoms with van der Waals surface area (Å²) in [5, 5.41) is 2.60. The summed E-state index contributed by atoms with van der Waals surface area (Å²) in [7, 11) is 0. The van der Waals surface area contributed by atoms with Gasteiger partial charge in [0.15, 0.2) is 5.78 Å². The number of piperidine rings is 1. The van der Waals surface area contributed by atoms with E-state index in [1.54, 1.807) is 24.3 Å². The molecule has 1 aliphatic heterocycles. The Morgan fingerprint density at radius 3 is 2.17 bits per heavy atom. The Morgan fingerprint density at radius 1 is 1.04 bits per heavy atom. The van der Waals surface area contributed by atoms with E-state index in [0.717, 1.165) is 12.8 Å². The number of nitrogens with zero attached hydrogens (tertiary/aromatic N) is 1. The lowest BCUT2D eigenvalue weighted by Gasteiger charge is -2.45. The highest BCUT2D eigenvalue weighted by atomic mass is 35.5. The summed E-state index contributed by atoms with van der Waals surface area (Å²) in [5.74, 6) is -0.461. The molecular formula is C19H23ClN2O2. The van der Waals surface area contributed by atoms with Gasteiger partial charge in [-0.3, -0.25) is 14.6 Å². The molecule has 1 N–H and O–H groups in total. The standard InChI is InChI=1S/C19H23ClN2O2/c1-18(2)9-11(10-19(3,4)22-18)21-15-14(20)16(23)12-7-5-6-8-13(12)17(15)24/h5-8,11,14,22H,9-10H2,1-4H3. The Bertz CT molecular complexity index is 721. The van der Waals surface area contributed by atoms with Crippen LogP contribution in [0.4, 0.5) is 0 Å². The van der Waals surface area contributed by atoms with E-state index >= 15 is 0 Å². The monoisotopic (exact) mass is 346 g/mol. The molecule has 3 rings (SSSR count). The predicted octanol–water partition coefficient (Wildman–Crippen LogP) is 3.42. The maximum absolute atomic E-state index is 12.8. The molecule has 0 saturated carbocycles. The Hall–Kier alpha value is -1.52. The van der Waals surface area contributed by atoms with E-state index in [0.29, 0.717) is 11.1 Å². The smallest absolute Gasteiger partial charge is 0.209 e. The molecule has 1 atom stereocenters. The first-order chi connectivity index (χ1) is 11.1. The maximum Gasteiger partial charge on any atom is 0.209 e. The van der Waals surface area contributed by atoms with Crippen molar-refractivity contribution in [3.63, 3.8) is 0 Å². The predicted molar refractivity (Wildman–Crippen MR) is 96.5 cm³/mol. The van der Waals surface area contributed by atoms with Crippen LogP contribution in [0.1, 0.15) is 61.3 Å². The van der Waals surface area contributed by atoms with Crippen molar-refractivity contribution in [2.45, 2.75) is 63.0 Å². The Morgan fingerprint density at radius 2 is 1.58 bits per heavy atom. The second kappa shape index (κ2) is 5.78. The van der Waals surface area contributed by atoms with Gasteiger partial charge in [0.1, 0.15) is 11.1 Å². The third kappa shape index (κ3) is 3.17. The van der Waals surface area contributed by atoms with E-state index in [1.807, 2.05) is 0 Å². The minimum atomic E-state index is -0.992. The first-order valence-corrected chi connectivity index (χ1v) is 8.72. The molecule has 0 radical (unpaired) electrons. The minimum Gasteiger partial charge on any atom is -0.307 e. The van der Waals surface area contributed by atoms with Crippen molar-refractivity contribution in [3.05, 3.63) is 35.4 Å². The normalized spacial score (nSPS) is 28.0. The number of rotatable bonds is 1. The van der Waals surface area contributed by atoms with Crippen molar-refractivity contribution in [1.82, 2.24) is 5.32 Å². The topological polar surface area (TPSA) is 58.5 Å². The lowest BCUT2D eigenvalue weighted by atomic mass is 9.79. The molecule has 1 aliphatic carbocycles. The van der Waals surface area contributed by atoms with E-state index in [-0.39, 0.29) is 34.4 Å². The van der Waals surface area contributed by atoms with Crippen molar-refractivity contribution in [2.24, 2.45) is 4.99 Å². The van der Waals surface area contributed by atoms with Crippen LogP contribution in [0.5, 0.6) is 0 Å². The summed E-state index contributed by atoms with van der Waals surface area (Å²) in [4.78, 5) is 29.9. The van der Waals surface area contributed by atoms with Crippen molar-refractivity contribution in [2.75, 3.05) is 0 Å². The lowest BCUT2D eigenvalue weighted by Crippen LogP contribution is -2.59. The summed E-state index contributed by atoms with van der Waals surface area (Å²) >= 11 is 6.30. The third-order valence-corrected chi connectivity index (χ3v) is 5.04. The van der Waals surface area contributed by atoms with Gasteiger partial charge in [-0.05, 0) is 40.5 Å². The van der Waals surface area contributed by atoms with Gasteiger partial charge in [-0.25, -0.2) is 0 Å². The Balaban J connectivity index is 1.98. The number of alkyl halides is 1. The van der Waals surface area contributed by atoms with Crippen LogP contribution in [0.25, 0.3) is 0 Å². The molecule has 0 spiro atoms. The van der Waals surface area contributed by atoms with E-state index in [1.165, 1.54) is 0 Å². The number of Topliss-reactive ketones (excluding diaryl/α,β-unsaturated/α-hetero) is 2. The van der Waals surface area contributed by atoms with Crippen molar-refractivity contribution >= 4 is 28.9 Å². The highest BCUT2D eigenvalue weighted by Crippen LogP contribution is 2.32. The van der Waals surface area contributed by atoms with E-state index < -0.39 is 5.38 Å². The number of halogens is 1. The van der Waals surface area contributed by atoms with E-state index in [9.17, 15) is 9.59 Å². The highest BCUT2D eigenvalue weighted by molar-refractivity contribution is 6.64. The molecule has 1 aromatic rings. The SMILES string of the molecule is CC1(C)CC(N=C2C(=O)c3ccccc3C(=O)C2Cl)CC(C)(C)N1. The van der Waals surface area contributed by atoms with Gasteiger partial charge < -0.3 is 5.32 Å². The summed E-state index contributed by atoms with van der Waals surface area (Å²) in [6, 6.07) is 6.79. The summed E-state index contributed by atoms with van der Waals surface area (Å²) < 4.78 is 0. The molecular weight excluding hydrogens is 324 g/mol. The molecule has 24 heavy (non-hydrogen) atoms. The van der Waals surface area contributed by atoms with Crippen LogP contribution in [-0.2, 0) is 0 Å². The van der Waals surface area contributed by atoms with Gasteiger partial charge in [0.25, 0.3) is 0 Å². The zero-order valence-electron chi connectivity index (χ0n) is 14.5. The molecule has 1 heterocycles. The zero-order chi connectivity index (χ0) is 17.7. The zero-order valence-corrected chi connectivity index (χ0v) is 15.3. The average molecular weight is 347 g/mol. The molecule has 5 heteroatoms. The second-order valence-electron chi connectivity index (χ2n) is 8.07. The number of carbonyl (C=O) groups is 2. The van der Waals surface area contributed by atoms with Gasteiger partial charge >= 0.3 is 0 Å². The lowest BCUT2D eigenvalue weighted by molar-refractivity contribution is 0.0966. The van der Waals surface area contributed by atoms with Crippen LogP contribution >= 0.6 is 11.6 Å². The van der Waals surface area contributed by atoms with Crippen LogP contribution in [0, 0.1) is 0 Å². The second-order valence-corrected chi connectivity index (χ2v) is 8.51. The highest BCUT2D eigenvalue weighted by Gasteiger charge is 2.41. The number of benzene rings is 1. The third-order valence-electron chi connectivity index (χ3n) is 4.63. The molecule has 0 amide bonds. The van der Waals surface area contributed by atoms with Gasteiger partial charge in [-0.1, -0.05) is 24.3 Å². The Labute approximate surface area is 147 Å². The number of nitrogens with one attached hydrogen (secondary N) is 1. The van der Waals surface area contributed by atoms with Crippen LogP contribution in [0.15, 0.2) is 29.3 Å². The average Bonchev–Trinajstić information content (AvgIpc) is 2.46. The maximum atomic E-state index is 12.8. The Kier molecular flexibility index (Phi) is 4.17. The van der Waals surface area contributed by atoms with Gasteiger partial charge in [-0.2, -0.15) is 0 Å². The van der Waals surface area contributed by atoms with E-state index in [2.05, 4.69) is 38.0 Å². The van der Waals surface area contributed by atoms with Crippen molar-refractivity contribution in [3.8, 4) is 0 Å². The fraction of sp³-hybridized carbons (Fsp3) is 0.526.